The monoisotopic (exact) mass is 369 g/mol. The fourth-order valence-electron chi connectivity index (χ4n) is 1.77. The lowest BCUT2D eigenvalue weighted by molar-refractivity contribution is -0.131. The minimum atomic E-state index is -4.06. The molecular formula is C15H19N3O6S. The minimum Gasteiger partial charge on any atom is -0.481 e. The van der Waals surface area contributed by atoms with Crippen molar-refractivity contribution in [2.24, 2.45) is 5.73 Å². The van der Waals surface area contributed by atoms with Crippen LogP contribution < -0.4 is 20.7 Å². The number of carbonyl (C=O) groups excluding carboxylic acids is 2. The van der Waals surface area contributed by atoms with Gasteiger partial charge in [-0.05, 0) is 37.6 Å². The van der Waals surface area contributed by atoms with Gasteiger partial charge in [0.1, 0.15) is 18.4 Å². The summed E-state index contributed by atoms with van der Waals surface area (Å²) in [4.78, 5) is 22.3. The molecule has 10 heteroatoms. The number of primary amides is 1. The topological polar surface area (TPSA) is 148 Å². The summed E-state index contributed by atoms with van der Waals surface area (Å²) in [5.74, 6) is 4.09. The number of rotatable bonds is 9. The Balaban J connectivity index is 2.87. The number of nitrogens with one attached hydrogen (secondary N) is 2. The molecule has 0 bridgehead atoms. The highest BCUT2D eigenvalue weighted by molar-refractivity contribution is 7.89. The largest absolute Gasteiger partial charge is 0.481 e. The molecule has 0 aromatic heterocycles. The van der Waals surface area contributed by atoms with Crippen molar-refractivity contribution >= 4 is 21.8 Å². The molecule has 1 rings (SSSR count). The van der Waals surface area contributed by atoms with Gasteiger partial charge in [-0.1, -0.05) is 5.92 Å². The molecule has 2 amide bonds. The Morgan fingerprint density at radius 3 is 2.48 bits per heavy atom. The Morgan fingerprint density at radius 2 is 1.96 bits per heavy atom. The van der Waals surface area contributed by atoms with Crippen molar-refractivity contribution in [3.8, 4) is 17.6 Å². The van der Waals surface area contributed by atoms with Gasteiger partial charge in [0, 0.05) is 6.42 Å². The molecule has 0 saturated heterocycles. The maximum Gasteiger partial charge on any atom is 0.261 e. The van der Waals surface area contributed by atoms with Crippen LogP contribution in [-0.2, 0) is 19.6 Å². The number of amides is 2. The van der Waals surface area contributed by atoms with Gasteiger partial charge in [0.2, 0.25) is 15.9 Å². The molecule has 1 atom stereocenters. The molecule has 9 nitrogen and oxygen atoms in total. The van der Waals surface area contributed by atoms with E-state index in [0.717, 1.165) is 0 Å². The fraction of sp³-hybridized carbons (Fsp3) is 0.333. The van der Waals surface area contributed by atoms with Gasteiger partial charge >= 0.3 is 0 Å². The fourth-order valence-corrected chi connectivity index (χ4v) is 3.00. The first-order chi connectivity index (χ1) is 11.8. The molecule has 0 aliphatic rings. The second kappa shape index (κ2) is 9.63. The average Bonchev–Trinajstić information content (AvgIpc) is 2.58. The van der Waals surface area contributed by atoms with E-state index >= 15 is 0 Å². The van der Waals surface area contributed by atoms with Crippen LogP contribution in [0.1, 0.15) is 19.8 Å². The van der Waals surface area contributed by atoms with Gasteiger partial charge < -0.3 is 10.5 Å². The molecule has 0 aliphatic carbocycles. The van der Waals surface area contributed by atoms with Gasteiger partial charge in [0.25, 0.3) is 5.91 Å². The normalized spacial score (nSPS) is 11.8. The lowest BCUT2D eigenvalue weighted by Crippen LogP contribution is -2.46. The number of hydroxylamine groups is 1. The Morgan fingerprint density at radius 1 is 1.32 bits per heavy atom. The molecule has 0 spiro atoms. The Hall–Kier alpha value is -2.61. The van der Waals surface area contributed by atoms with Crippen LogP contribution >= 0.6 is 0 Å². The highest BCUT2D eigenvalue weighted by Crippen LogP contribution is 2.16. The standard InChI is InChI=1S/C15H19N3O6S/c1-2-3-10-24-11-4-6-12(7-5-11)25(22,23)18-13(15(20)17-21)8-9-14(16)19/h4-7,13,18,21H,8-10H2,1H3,(H2,16,19)(H,17,20)/t13-/m1/s1. The van der Waals surface area contributed by atoms with E-state index in [2.05, 4.69) is 16.6 Å². The first-order valence-corrected chi connectivity index (χ1v) is 8.65. The van der Waals surface area contributed by atoms with Crippen molar-refractivity contribution in [3.05, 3.63) is 24.3 Å². The molecule has 0 heterocycles. The van der Waals surface area contributed by atoms with Gasteiger partial charge in [0.05, 0.1) is 4.90 Å². The summed E-state index contributed by atoms with van der Waals surface area (Å²) in [6.07, 6.45) is -0.427. The number of hydrogen-bond donors (Lipinski definition) is 4. The van der Waals surface area contributed by atoms with E-state index in [1.807, 2.05) is 0 Å². The van der Waals surface area contributed by atoms with E-state index in [0.29, 0.717) is 5.75 Å². The molecule has 0 radical (unpaired) electrons. The van der Waals surface area contributed by atoms with Crippen LogP contribution in [0.5, 0.6) is 5.75 Å². The summed E-state index contributed by atoms with van der Waals surface area (Å²) in [5.41, 5.74) is 6.34. The van der Waals surface area contributed by atoms with Crippen LogP contribution in [-0.4, -0.2) is 38.1 Å². The third-order valence-electron chi connectivity index (χ3n) is 3.03. The lowest BCUT2D eigenvalue weighted by atomic mass is 10.1. The number of hydrogen-bond acceptors (Lipinski definition) is 6. The lowest BCUT2D eigenvalue weighted by Gasteiger charge is -2.16. The zero-order chi connectivity index (χ0) is 18.9. The van der Waals surface area contributed by atoms with Crippen molar-refractivity contribution < 1.29 is 28.0 Å². The Kier molecular flexibility index (Phi) is 7.87. The van der Waals surface area contributed by atoms with Crippen LogP contribution in [0.2, 0.25) is 0 Å². The molecular weight excluding hydrogens is 350 g/mol. The van der Waals surface area contributed by atoms with Crippen LogP contribution in [0.25, 0.3) is 0 Å². The smallest absolute Gasteiger partial charge is 0.261 e. The van der Waals surface area contributed by atoms with Crippen LogP contribution in [0, 0.1) is 11.8 Å². The van der Waals surface area contributed by atoms with Crippen LogP contribution in [0.4, 0.5) is 0 Å². The van der Waals surface area contributed by atoms with Crippen LogP contribution in [0.3, 0.4) is 0 Å². The molecule has 25 heavy (non-hydrogen) atoms. The quantitative estimate of drug-likeness (QED) is 0.262. The SMILES string of the molecule is CC#CCOc1ccc(S(=O)(=O)N[C@H](CCC(N)=O)C(=O)NO)cc1. The molecule has 1 aromatic rings. The zero-order valence-electron chi connectivity index (χ0n) is 13.5. The van der Waals surface area contributed by atoms with Gasteiger partial charge in [-0.2, -0.15) is 4.72 Å². The summed E-state index contributed by atoms with van der Waals surface area (Å²) in [5, 5.41) is 8.70. The van der Waals surface area contributed by atoms with E-state index < -0.39 is 27.9 Å². The van der Waals surface area contributed by atoms with Crippen molar-refractivity contribution in [2.75, 3.05) is 6.61 Å². The van der Waals surface area contributed by atoms with Crippen molar-refractivity contribution in [1.82, 2.24) is 10.2 Å². The van der Waals surface area contributed by atoms with Crippen molar-refractivity contribution in [3.63, 3.8) is 0 Å². The number of ether oxygens (including phenoxy) is 1. The zero-order valence-corrected chi connectivity index (χ0v) is 14.3. The molecule has 0 fully saturated rings. The summed E-state index contributed by atoms with van der Waals surface area (Å²) in [7, 11) is -4.06. The van der Waals surface area contributed by atoms with Crippen molar-refractivity contribution in [2.45, 2.75) is 30.7 Å². The maximum absolute atomic E-state index is 12.3. The molecule has 5 N–H and O–H groups in total. The number of carbonyl (C=O) groups is 2. The first-order valence-electron chi connectivity index (χ1n) is 7.17. The number of sulfonamides is 1. The van der Waals surface area contributed by atoms with E-state index in [1.54, 1.807) is 6.92 Å². The Bertz CT molecular complexity index is 765. The van der Waals surface area contributed by atoms with Crippen molar-refractivity contribution in [1.29, 1.82) is 0 Å². The Labute approximate surface area is 145 Å². The minimum absolute atomic E-state index is 0.115. The first kappa shape index (κ1) is 20.4. The predicted octanol–water partition coefficient (Wildman–Crippen LogP) is -0.493. The summed E-state index contributed by atoms with van der Waals surface area (Å²) >= 11 is 0. The summed E-state index contributed by atoms with van der Waals surface area (Å²) in [6, 6.07) is 4.11. The third kappa shape index (κ3) is 6.80. The van der Waals surface area contributed by atoms with Gasteiger partial charge in [-0.3, -0.25) is 14.8 Å². The van der Waals surface area contributed by atoms with E-state index in [9.17, 15) is 18.0 Å². The molecule has 136 valence electrons. The van der Waals surface area contributed by atoms with E-state index in [1.165, 1.54) is 29.7 Å². The van der Waals surface area contributed by atoms with Gasteiger partial charge in [-0.15, -0.1) is 5.92 Å². The van der Waals surface area contributed by atoms with E-state index in [4.69, 9.17) is 15.7 Å². The highest BCUT2D eigenvalue weighted by atomic mass is 32.2. The summed E-state index contributed by atoms with van der Waals surface area (Å²) < 4.78 is 32.0. The molecule has 0 aliphatic heterocycles. The second-order valence-electron chi connectivity index (χ2n) is 4.84. The van der Waals surface area contributed by atoms with Crippen LogP contribution in [0.15, 0.2) is 29.2 Å². The van der Waals surface area contributed by atoms with Gasteiger partial charge in [0.15, 0.2) is 0 Å². The average molecular weight is 369 g/mol. The molecule has 0 saturated carbocycles. The number of nitrogens with two attached hydrogens (primary N) is 1. The van der Waals surface area contributed by atoms with Gasteiger partial charge in [-0.25, -0.2) is 13.9 Å². The number of benzene rings is 1. The maximum atomic E-state index is 12.3. The highest BCUT2D eigenvalue weighted by Gasteiger charge is 2.26. The second-order valence-corrected chi connectivity index (χ2v) is 6.56. The molecule has 0 unspecified atom stereocenters. The summed E-state index contributed by atoms with van der Waals surface area (Å²) in [6.45, 7) is 1.84. The third-order valence-corrected chi connectivity index (χ3v) is 4.51. The van der Waals surface area contributed by atoms with E-state index in [-0.39, 0.29) is 24.3 Å². The predicted molar refractivity (Wildman–Crippen MR) is 87.9 cm³/mol. The molecule has 1 aromatic carbocycles.